The average molecular weight is 201 g/mol. The van der Waals surface area contributed by atoms with Gasteiger partial charge in [0.1, 0.15) is 0 Å². The molecule has 1 nitrogen and oxygen atoms in total. The Balaban J connectivity index is 2.94. The SMILES string of the molecule is ClCc1ccnc([As])c1. The van der Waals surface area contributed by atoms with Gasteiger partial charge in [0, 0.05) is 0 Å². The quantitative estimate of drug-likeness (QED) is 0.479. The van der Waals surface area contributed by atoms with Crippen molar-refractivity contribution in [3.63, 3.8) is 0 Å². The molecule has 0 aromatic carbocycles. The van der Waals surface area contributed by atoms with Crippen LogP contribution in [0, 0.1) is 0 Å². The molecule has 1 rings (SSSR count). The van der Waals surface area contributed by atoms with E-state index in [2.05, 4.69) is 21.8 Å². The fourth-order valence-corrected chi connectivity index (χ4v) is 1.20. The summed E-state index contributed by atoms with van der Waals surface area (Å²) in [5.41, 5.74) is 1.11. The molecule has 0 bridgehead atoms. The second-order valence-corrected chi connectivity index (χ2v) is 2.88. The first-order chi connectivity index (χ1) is 4.33. The zero-order valence-corrected chi connectivity index (χ0v) is 7.34. The van der Waals surface area contributed by atoms with Crippen LogP contribution in [-0.4, -0.2) is 21.8 Å². The standard InChI is InChI=1S/C6H5AsClN/c7-6-3-5(4-8)1-2-9-6/h1-3H,4H2. The van der Waals surface area contributed by atoms with Crippen molar-refractivity contribution in [3.05, 3.63) is 23.9 Å². The number of hydrogen-bond donors (Lipinski definition) is 0. The second-order valence-electron chi connectivity index (χ2n) is 1.66. The Morgan fingerprint density at radius 1 is 1.67 bits per heavy atom. The number of rotatable bonds is 1. The van der Waals surface area contributed by atoms with Crippen LogP contribution in [0.25, 0.3) is 0 Å². The number of pyridine rings is 1. The molecule has 0 amide bonds. The molecular formula is C6H5AsClN. The monoisotopic (exact) mass is 201 g/mol. The molecule has 46 valence electrons. The fraction of sp³-hybridized carbons (Fsp3) is 0.167. The van der Waals surface area contributed by atoms with Crippen molar-refractivity contribution >= 4 is 32.9 Å². The van der Waals surface area contributed by atoms with Crippen LogP contribution in [0.1, 0.15) is 5.56 Å². The molecule has 0 N–H and O–H groups in total. The predicted molar refractivity (Wildman–Crippen MR) is 39.2 cm³/mol. The number of halogens is 1. The number of hydrogen-bond acceptors (Lipinski definition) is 1. The summed E-state index contributed by atoms with van der Waals surface area (Å²) >= 11 is 7.94. The van der Waals surface area contributed by atoms with Crippen molar-refractivity contribution in [2.24, 2.45) is 0 Å². The Kier molecular flexibility index (Phi) is 2.56. The first-order valence-electron chi connectivity index (χ1n) is 2.53. The van der Waals surface area contributed by atoms with Crippen LogP contribution in [0.3, 0.4) is 0 Å². The Bertz CT molecular complexity index is 202. The van der Waals surface area contributed by atoms with Gasteiger partial charge in [0.25, 0.3) is 0 Å². The molecular weight excluding hydrogens is 196 g/mol. The van der Waals surface area contributed by atoms with Crippen LogP contribution in [0.2, 0.25) is 0 Å². The van der Waals surface area contributed by atoms with Gasteiger partial charge in [-0.25, -0.2) is 0 Å². The Labute approximate surface area is 67.9 Å². The van der Waals surface area contributed by atoms with Gasteiger partial charge in [-0.05, 0) is 0 Å². The Morgan fingerprint density at radius 2 is 2.44 bits per heavy atom. The van der Waals surface area contributed by atoms with Gasteiger partial charge < -0.3 is 0 Å². The number of alkyl halides is 1. The third kappa shape index (κ3) is 2.00. The second kappa shape index (κ2) is 3.24. The predicted octanol–water partition coefficient (Wildman–Crippen LogP) is 0.614. The third-order valence-electron chi connectivity index (χ3n) is 0.964. The Morgan fingerprint density at radius 3 is 2.89 bits per heavy atom. The first kappa shape index (κ1) is 7.11. The van der Waals surface area contributed by atoms with Crippen LogP contribution < -0.4 is 4.48 Å². The van der Waals surface area contributed by atoms with Crippen molar-refractivity contribution in [2.45, 2.75) is 5.88 Å². The van der Waals surface area contributed by atoms with E-state index in [1.54, 1.807) is 6.20 Å². The van der Waals surface area contributed by atoms with E-state index in [1.165, 1.54) is 0 Å². The van der Waals surface area contributed by atoms with Crippen LogP contribution in [-0.2, 0) is 5.88 Å². The Hall–Kier alpha value is -0.00156. The van der Waals surface area contributed by atoms with E-state index >= 15 is 0 Å². The number of aromatic nitrogens is 1. The molecule has 0 saturated carbocycles. The summed E-state index contributed by atoms with van der Waals surface area (Å²) in [7, 11) is 0. The topological polar surface area (TPSA) is 12.9 Å². The first-order valence-corrected chi connectivity index (χ1v) is 4.00. The molecule has 0 aliphatic rings. The van der Waals surface area contributed by atoms with Gasteiger partial charge in [-0.1, -0.05) is 0 Å². The van der Waals surface area contributed by atoms with E-state index in [1.807, 2.05) is 12.1 Å². The van der Waals surface area contributed by atoms with Crippen LogP contribution in [0.5, 0.6) is 0 Å². The van der Waals surface area contributed by atoms with Crippen molar-refractivity contribution in [3.8, 4) is 0 Å². The van der Waals surface area contributed by atoms with Crippen molar-refractivity contribution in [2.75, 3.05) is 0 Å². The van der Waals surface area contributed by atoms with Gasteiger partial charge in [0.15, 0.2) is 0 Å². The van der Waals surface area contributed by atoms with Crippen molar-refractivity contribution < 1.29 is 0 Å². The average Bonchev–Trinajstić information content (AvgIpc) is 1.88. The molecule has 0 fully saturated rings. The van der Waals surface area contributed by atoms with Gasteiger partial charge in [0.05, 0.1) is 0 Å². The van der Waals surface area contributed by atoms with E-state index in [-0.39, 0.29) is 0 Å². The van der Waals surface area contributed by atoms with E-state index in [9.17, 15) is 0 Å². The molecule has 0 saturated heterocycles. The zero-order valence-electron chi connectivity index (χ0n) is 4.71. The molecule has 3 heteroatoms. The summed E-state index contributed by atoms with van der Waals surface area (Å²) in [4.78, 5) is 4.00. The summed E-state index contributed by atoms with van der Waals surface area (Å²) in [6.07, 6.45) is 1.76. The molecule has 0 atom stereocenters. The molecule has 2 radical (unpaired) electrons. The zero-order chi connectivity index (χ0) is 6.69. The van der Waals surface area contributed by atoms with E-state index in [0.29, 0.717) is 5.88 Å². The van der Waals surface area contributed by atoms with E-state index in [4.69, 9.17) is 11.6 Å². The fourth-order valence-electron chi connectivity index (χ4n) is 0.544. The van der Waals surface area contributed by atoms with Gasteiger partial charge in [-0.15, -0.1) is 0 Å². The molecule has 0 spiro atoms. The van der Waals surface area contributed by atoms with Crippen LogP contribution in [0.15, 0.2) is 18.3 Å². The molecule has 1 aromatic rings. The summed E-state index contributed by atoms with van der Waals surface area (Å²) < 4.78 is 0.959. The van der Waals surface area contributed by atoms with Crippen molar-refractivity contribution in [1.82, 2.24) is 4.98 Å². The molecule has 1 aromatic heterocycles. The summed E-state index contributed by atoms with van der Waals surface area (Å²) in [5, 5.41) is 0. The normalized spacial score (nSPS) is 9.56. The van der Waals surface area contributed by atoms with E-state index in [0.717, 1.165) is 10.0 Å². The molecule has 0 aliphatic carbocycles. The van der Waals surface area contributed by atoms with Crippen LogP contribution in [0.4, 0.5) is 0 Å². The van der Waals surface area contributed by atoms with Crippen LogP contribution >= 0.6 is 11.6 Å². The van der Waals surface area contributed by atoms with Gasteiger partial charge in [-0.2, -0.15) is 0 Å². The van der Waals surface area contributed by atoms with E-state index < -0.39 is 0 Å². The molecule has 1 heterocycles. The number of nitrogens with zero attached hydrogens (tertiary/aromatic N) is 1. The maximum atomic E-state index is 5.56. The van der Waals surface area contributed by atoms with Crippen molar-refractivity contribution in [1.29, 1.82) is 0 Å². The summed E-state index contributed by atoms with van der Waals surface area (Å²) in [6.45, 7) is 0. The van der Waals surface area contributed by atoms with Gasteiger partial charge in [0.2, 0.25) is 0 Å². The summed E-state index contributed by atoms with van der Waals surface area (Å²) in [6, 6.07) is 3.86. The molecule has 9 heavy (non-hydrogen) atoms. The van der Waals surface area contributed by atoms with Gasteiger partial charge >= 0.3 is 67.7 Å². The summed E-state index contributed by atoms with van der Waals surface area (Å²) in [5.74, 6) is 0.563. The maximum absolute atomic E-state index is 5.56. The molecule has 0 unspecified atom stereocenters. The molecule has 0 aliphatic heterocycles. The third-order valence-corrected chi connectivity index (χ3v) is 1.79. The minimum atomic E-state index is 0.563. The minimum absolute atomic E-state index is 0.563. The van der Waals surface area contributed by atoms with Gasteiger partial charge in [-0.3, -0.25) is 0 Å².